The predicted molar refractivity (Wildman–Crippen MR) is 90.2 cm³/mol. The quantitative estimate of drug-likeness (QED) is 0.852. The Kier molecular flexibility index (Phi) is 5.44. The van der Waals surface area contributed by atoms with Crippen molar-refractivity contribution < 1.29 is 18.0 Å². The van der Waals surface area contributed by atoms with Crippen molar-refractivity contribution in [1.82, 2.24) is 25.3 Å². The van der Waals surface area contributed by atoms with E-state index in [4.69, 9.17) is 0 Å². The number of nitrogens with zero attached hydrogens (tertiary/aromatic N) is 5. The van der Waals surface area contributed by atoms with Gasteiger partial charge in [0.05, 0.1) is 0 Å². The van der Waals surface area contributed by atoms with Crippen LogP contribution in [0.15, 0.2) is 6.07 Å². The minimum Gasteiger partial charge on any atom is -0.343 e. The zero-order chi connectivity index (χ0) is 18.7. The van der Waals surface area contributed by atoms with Crippen molar-refractivity contribution in [3.8, 4) is 0 Å². The van der Waals surface area contributed by atoms with Crippen LogP contribution in [0.5, 0.6) is 0 Å². The van der Waals surface area contributed by atoms with Crippen LogP contribution in [-0.4, -0.2) is 57.4 Å². The summed E-state index contributed by atoms with van der Waals surface area (Å²) in [5.41, 5.74) is 1.31. The van der Waals surface area contributed by atoms with Gasteiger partial charge in [0.2, 0.25) is 10.1 Å². The van der Waals surface area contributed by atoms with Crippen LogP contribution in [-0.2, 0) is 12.6 Å². The topological polar surface area (TPSA) is 78.0 Å². The summed E-state index contributed by atoms with van der Waals surface area (Å²) in [6.45, 7) is 3.71. The molecule has 1 aliphatic heterocycles. The molecule has 0 aliphatic carbocycles. The Morgan fingerprint density at radius 2 is 2.00 bits per heavy atom. The van der Waals surface area contributed by atoms with Crippen molar-refractivity contribution in [3.05, 3.63) is 22.5 Å². The zero-order valence-electron chi connectivity index (χ0n) is 14.2. The van der Waals surface area contributed by atoms with Crippen molar-refractivity contribution in [2.45, 2.75) is 32.4 Å². The van der Waals surface area contributed by atoms with Crippen LogP contribution in [0.25, 0.3) is 0 Å². The SMILES string of the molecule is CCCCc1cc(C(=O)N2CCN(c3nnc(C(F)(F)F)s3)CC2)n[nH]1. The summed E-state index contributed by atoms with van der Waals surface area (Å²) in [7, 11) is 0. The maximum Gasteiger partial charge on any atom is 0.445 e. The fourth-order valence-electron chi connectivity index (χ4n) is 2.69. The second kappa shape index (κ2) is 7.60. The monoisotopic (exact) mass is 388 g/mol. The van der Waals surface area contributed by atoms with Crippen LogP contribution < -0.4 is 4.90 Å². The largest absolute Gasteiger partial charge is 0.445 e. The molecule has 11 heteroatoms. The standard InChI is InChI=1S/C15H19F3N6OS/c1-2-3-4-10-9-11(20-19-10)12(25)23-5-7-24(8-6-23)14-22-21-13(26-14)15(16,17)18/h9H,2-8H2,1H3,(H,19,20). The summed E-state index contributed by atoms with van der Waals surface area (Å²) in [4.78, 5) is 15.9. The lowest BCUT2D eigenvalue weighted by atomic mass is 10.2. The molecule has 1 fully saturated rings. The van der Waals surface area contributed by atoms with Gasteiger partial charge in [0.25, 0.3) is 5.91 Å². The van der Waals surface area contributed by atoms with Gasteiger partial charge in [-0.2, -0.15) is 18.3 Å². The molecule has 0 saturated carbocycles. The van der Waals surface area contributed by atoms with Crippen molar-refractivity contribution in [2.24, 2.45) is 0 Å². The molecular formula is C15H19F3N6OS. The van der Waals surface area contributed by atoms with Gasteiger partial charge >= 0.3 is 6.18 Å². The molecular weight excluding hydrogens is 369 g/mol. The first-order valence-electron chi connectivity index (χ1n) is 8.37. The molecule has 0 radical (unpaired) electrons. The van der Waals surface area contributed by atoms with Gasteiger partial charge in [-0.1, -0.05) is 24.7 Å². The summed E-state index contributed by atoms with van der Waals surface area (Å²) in [5.74, 6) is -0.170. The van der Waals surface area contributed by atoms with Crippen LogP contribution >= 0.6 is 11.3 Å². The van der Waals surface area contributed by atoms with Gasteiger partial charge in [0.15, 0.2) is 0 Å². The number of H-pyrrole nitrogens is 1. The van der Waals surface area contributed by atoms with Gasteiger partial charge in [-0.3, -0.25) is 9.89 Å². The molecule has 0 unspecified atom stereocenters. The molecule has 0 bridgehead atoms. The second-order valence-electron chi connectivity index (χ2n) is 6.05. The van der Waals surface area contributed by atoms with Gasteiger partial charge < -0.3 is 9.80 Å². The van der Waals surface area contributed by atoms with E-state index >= 15 is 0 Å². The molecule has 26 heavy (non-hydrogen) atoms. The van der Waals surface area contributed by atoms with Gasteiger partial charge in [-0.05, 0) is 18.9 Å². The highest BCUT2D eigenvalue weighted by Crippen LogP contribution is 2.34. The van der Waals surface area contributed by atoms with Crippen LogP contribution in [0, 0.1) is 0 Å². The highest BCUT2D eigenvalue weighted by Gasteiger charge is 2.36. The number of aromatic nitrogens is 4. The molecule has 7 nitrogen and oxygen atoms in total. The number of unbranched alkanes of at least 4 members (excludes halogenated alkanes) is 1. The first-order valence-corrected chi connectivity index (χ1v) is 9.19. The van der Waals surface area contributed by atoms with E-state index in [0.29, 0.717) is 43.2 Å². The lowest BCUT2D eigenvalue weighted by molar-refractivity contribution is -0.138. The number of aryl methyl sites for hydroxylation is 1. The lowest BCUT2D eigenvalue weighted by Crippen LogP contribution is -2.48. The van der Waals surface area contributed by atoms with Gasteiger partial charge in [-0.25, -0.2) is 0 Å². The summed E-state index contributed by atoms with van der Waals surface area (Å²) >= 11 is 0.521. The third-order valence-corrected chi connectivity index (χ3v) is 5.17. The van der Waals surface area contributed by atoms with Crippen LogP contribution in [0.2, 0.25) is 0 Å². The molecule has 1 aliphatic rings. The maximum atomic E-state index is 12.6. The fourth-order valence-corrected chi connectivity index (χ4v) is 3.45. The number of anilines is 1. The highest BCUT2D eigenvalue weighted by molar-refractivity contribution is 7.15. The van der Waals surface area contributed by atoms with Crippen LogP contribution in [0.3, 0.4) is 0 Å². The summed E-state index contributed by atoms with van der Waals surface area (Å²) in [5, 5.41) is 13.0. The maximum absolute atomic E-state index is 12.6. The molecule has 2 aromatic rings. The normalized spacial score (nSPS) is 15.5. The molecule has 1 saturated heterocycles. The van der Waals surface area contributed by atoms with E-state index in [1.807, 2.05) is 0 Å². The van der Waals surface area contributed by atoms with Crippen molar-refractivity contribution >= 4 is 22.4 Å². The van der Waals surface area contributed by atoms with E-state index < -0.39 is 11.2 Å². The number of carbonyl (C=O) groups excluding carboxylic acids is 1. The smallest absolute Gasteiger partial charge is 0.343 e. The number of hydrogen-bond donors (Lipinski definition) is 1. The Balaban J connectivity index is 1.57. The molecule has 1 N–H and O–H groups in total. The van der Waals surface area contributed by atoms with E-state index in [-0.39, 0.29) is 11.0 Å². The summed E-state index contributed by atoms with van der Waals surface area (Å²) in [6, 6.07) is 1.77. The number of piperazine rings is 1. The van der Waals surface area contributed by atoms with Crippen molar-refractivity contribution in [3.63, 3.8) is 0 Å². The lowest BCUT2D eigenvalue weighted by Gasteiger charge is -2.33. The van der Waals surface area contributed by atoms with Gasteiger partial charge in [0.1, 0.15) is 5.69 Å². The minimum atomic E-state index is -4.48. The first-order chi connectivity index (χ1) is 12.4. The molecule has 0 spiro atoms. The zero-order valence-corrected chi connectivity index (χ0v) is 15.0. The molecule has 0 aromatic carbocycles. The molecule has 3 rings (SSSR count). The molecule has 2 aromatic heterocycles. The average molecular weight is 388 g/mol. The average Bonchev–Trinajstić information content (AvgIpc) is 3.29. The number of amides is 1. The minimum absolute atomic E-state index is 0.170. The van der Waals surface area contributed by atoms with Crippen LogP contribution in [0.1, 0.15) is 41.0 Å². The fraction of sp³-hybridized carbons (Fsp3) is 0.600. The number of halogens is 3. The summed E-state index contributed by atoms with van der Waals surface area (Å²) < 4.78 is 37.9. The van der Waals surface area contributed by atoms with E-state index in [0.717, 1.165) is 25.0 Å². The number of carbonyl (C=O) groups is 1. The number of alkyl halides is 3. The Bertz CT molecular complexity index is 751. The van der Waals surface area contributed by atoms with E-state index in [1.165, 1.54) is 0 Å². The predicted octanol–water partition coefficient (Wildman–Crippen LogP) is 2.59. The number of nitrogens with one attached hydrogen (secondary N) is 1. The number of rotatable bonds is 5. The summed E-state index contributed by atoms with van der Waals surface area (Å²) in [6.07, 6.45) is -1.55. The van der Waals surface area contributed by atoms with Gasteiger partial charge in [0, 0.05) is 31.9 Å². The Morgan fingerprint density at radius 3 is 2.62 bits per heavy atom. The molecule has 1 amide bonds. The Hall–Kier alpha value is -2.17. The number of hydrogen-bond acceptors (Lipinski definition) is 6. The third-order valence-electron chi connectivity index (χ3n) is 4.14. The second-order valence-corrected chi connectivity index (χ2v) is 7.00. The van der Waals surface area contributed by atoms with E-state index in [2.05, 4.69) is 27.3 Å². The number of aromatic amines is 1. The molecule has 142 valence electrons. The highest BCUT2D eigenvalue weighted by atomic mass is 32.1. The Morgan fingerprint density at radius 1 is 1.27 bits per heavy atom. The van der Waals surface area contributed by atoms with Crippen LogP contribution in [0.4, 0.5) is 18.3 Å². The molecule has 3 heterocycles. The third kappa shape index (κ3) is 4.14. The van der Waals surface area contributed by atoms with E-state index in [9.17, 15) is 18.0 Å². The van der Waals surface area contributed by atoms with Gasteiger partial charge in [-0.15, -0.1) is 10.2 Å². The van der Waals surface area contributed by atoms with E-state index in [1.54, 1.807) is 15.9 Å². The first kappa shape index (κ1) is 18.6. The van der Waals surface area contributed by atoms with Crippen molar-refractivity contribution in [2.75, 3.05) is 31.1 Å². The molecule has 0 atom stereocenters. The Labute approximate surface area is 152 Å². The van der Waals surface area contributed by atoms with Crippen molar-refractivity contribution in [1.29, 1.82) is 0 Å².